The molecule has 6 rings (SSSR count). The quantitative estimate of drug-likeness (QED) is 0.303. The highest BCUT2D eigenvalue weighted by atomic mass is 16.3. The smallest absolute Gasteiger partial charge is 0.255 e. The van der Waals surface area contributed by atoms with E-state index in [1.54, 1.807) is 12.1 Å². The van der Waals surface area contributed by atoms with E-state index < -0.39 is 6.04 Å². The number of aromatic nitrogens is 1. The first-order valence-electron chi connectivity index (χ1n) is 11.2. The van der Waals surface area contributed by atoms with Gasteiger partial charge in [-0.1, -0.05) is 60.7 Å². The van der Waals surface area contributed by atoms with Crippen LogP contribution in [-0.4, -0.2) is 20.9 Å². The number of amides is 1. The Kier molecular flexibility index (Phi) is 4.62. The number of hydrogen-bond donors (Lipinski definition) is 3. The predicted octanol–water partition coefficient (Wildman–Crippen LogP) is 5.87. The zero-order valence-electron chi connectivity index (χ0n) is 18.4. The fraction of sp³-hybridized carbons (Fsp3) is 0.0690. The van der Waals surface area contributed by atoms with Crippen LogP contribution in [0.5, 0.6) is 5.75 Å². The highest BCUT2D eigenvalue weighted by Crippen LogP contribution is 2.40. The molecule has 4 aromatic carbocycles. The molecule has 1 amide bonds. The summed E-state index contributed by atoms with van der Waals surface area (Å²) in [7, 11) is 0. The molecule has 4 N–H and O–H groups in total. The van der Waals surface area contributed by atoms with Gasteiger partial charge >= 0.3 is 0 Å². The molecule has 5 nitrogen and oxygen atoms in total. The van der Waals surface area contributed by atoms with Gasteiger partial charge in [0.05, 0.1) is 0 Å². The number of phenols is 1. The molecule has 0 saturated heterocycles. The molecule has 0 radical (unpaired) electrons. The van der Waals surface area contributed by atoms with E-state index in [0.717, 1.165) is 33.3 Å². The van der Waals surface area contributed by atoms with Crippen LogP contribution in [0.15, 0.2) is 97.1 Å². The number of nitrogens with zero attached hydrogens (tertiary/aromatic N) is 1. The number of nitrogen functional groups attached to an aromatic ring is 1. The molecule has 34 heavy (non-hydrogen) atoms. The topological polar surface area (TPSA) is 82.4 Å². The van der Waals surface area contributed by atoms with Crippen molar-refractivity contribution in [2.24, 2.45) is 0 Å². The lowest BCUT2D eigenvalue weighted by molar-refractivity contribution is 0.0727. The molecule has 1 unspecified atom stereocenters. The summed E-state index contributed by atoms with van der Waals surface area (Å²) in [6, 6.07) is 30.5. The molecule has 1 aliphatic rings. The molecule has 0 spiro atoms. The third-order valence-electron chi connectivity index (χ3n) is 6.57. The maximum absolute atomic E-state index is 13.8. The number of carbonyl (C=O) groups excluding carboxylic acids is 1. The summed E-state index contributed by atoms with van der Waals surface area (Å²) in [6.45, 7) is 0.463. The van der Waals surface area contributed by atoms with E-state index in [1.165, 1.54) is 0 Å². The Bertz CT molecular complexity index is 1500. The first-order valence-corrected chi connectivity index (χ1v) is 11.2. The fourth-order valence-corrected chi connectivity index (χ4v) is 4.85. The van der Waals surface area contributed by atoms with Gasteiger partial charge in [-0.25, -0.2) is 0 Å². The van der Waals surface area contributed by atoms with Crippen LogP contribution in [0, 0.1) is 0 Å². The van der Waals surface area contributed by atoms with Crippen LogP contribution in [0.4, 0.5) is 5.69 Å². The van der Waals surface area contributed by atoms with E-state index in [1.807, 2.05) is 83.8 Å². The van der Waals surface area contributed by atoms with Crippen molar-refractivity contribution in [2.45, 2.75) is 12.6 Å². The van der Waals surface area contributed by atoms with Crippen LogP contribution in [-0.2, 0) is 6.54 Å². The highest BCUT2D eigenvalue weighted by molar-refractivity contribution is 6.00. The molecule has 2 heterocycles. The number of hydrogen-bond acceptors (Lipinski definition) is 3. The number of aromatic hydroxyl groups is 1. The Labute approximate surface area is 197 Å². The summed E-state index contributed by atoms with van der Waals surface area (Å²) in [5.41, 5.74) is 12.7. The van der Waals surface area contributed by atoms with Crippen LogP contribution in [0.2, 0.25) is 0 Å². The number of anilines is 1. The van der Waals surface area contributed by atoms with Crippen molar-refractivity contribution in [1.29, 1.82) is 0 Å². The SMILES string of the molecule is Nc1ccc(-c2ccc3c(c2)C(=O)N(C(c2cc4ccccc4[nH]2)c2ccccc2O)C3)cc1. The Balaban J connectivity index is 1.44. The van der Waals surface area contributed by atoms with Gasteiger partial charge in [0, 0.05) is 34.6 Å². The summed E-state index contributed by atoms with van der Waals surface area (Å²) in [6.07, 6.45) is 0. The lowest BCUT2D eigenvalue weighted by atomic mass is 10.00. The molecule has 0 aliphatic carbocycles. The van der Waals surface area contributed by atoms with E-state index in [4.69, 9.17) is 5.73 Å². The van der Waals surface area contributed by atoms with Gasteiger partial charge in [0.2, 0.25) is 0 Å². The third kappa shape index (κ3) is 3.30. The second-order valence-corrected chi connectivity index (χ2v) is 8.70. The van der Waals surface area contributed by atoms with E-state index in [9.17, 15) is 9.90 Å². The summed E-state index contributed by atoms with van der Waals surface area (Å²) in [5, 5.41) is 11.8. The molecule has 0 saturated carbocycles. The molecule has 1 aromatic heterocycles. The van der Waals surface area contributed by atoms with Gasteiger partial charge in [-0.3, -0.25) is 4.79 Å². The van der Waals surface area contributed by atoms with Gasteiger partial charge in [-0.15, -0.1) is 0 Å². The van der Waals surface area contributed by atoms with Crippen molar-refractivity contribution >= 4 is 22.5 Å². The summed E-state index contributed by atoms with van der Waals surface area (Å²) < 4.78 is 0. The minimum atomic E-state index is -0.450. The number of carbonyl (C=O) groups is 1. The first kappa shape index (κ1) is 20.1. The Hall–Kier alpha value is -4.51. The number of nitrogens with one attached hydrogen (secondary N) is 1. The minimum Gasteiger partial charge on any atom is -0.508 e. The Morgan fingerprint density at radius 3 is 2.38 bits per heavy atom. The number of H-pyrrole nitrogens is 1. The third-order valence-corrected chi connectivity index (χ3v) is 6.57. The number of phenolic OH excluding ortho intramolecular Hbond substituents is 1. The zero-order valence-corrected chi connectivity index (χ0v) is 18.4. The minimum absolute atomic E-state index is 0.0563. The number of fused-ring (bicyclic) bond motifs is 2. The maximum atomic E-state index is 13.8. The van der Waals surface area contributed by atoms with Gasteiger partial charge in [0.25, 0.3) is 5.91 Å². The molecule has 1 aliphatic heterocycles. The second-order valence-electron chi connectivity index (χ2n) is 8.70. The molecule has 166 valence electrons. The van der Waals surface area contributed by atoms with Crippen molar-refractivity contribution in [3.05, 3.63) is 119 Å². The fourth-order valence-electron chi connectivity index (χ4n) is 4.85. The maximum Gasteiger partial charge on any atom is 0.255 e. The van der Waals surface area contributed by atoms with Gasteiger partial charge in [0.15, 0.2) is 0 Å². The molecular weight excluding hydrogens is 422 g/mol. The van der Waals surface area contributed by atoms with Gasteiger partial charge < -0.3 is 20.7 Å². The largest absolute Gasteiger partial charge is 0.508 e. The lowest BCUT2D eigenvalue weighted by Gasteiger charge is -2.28. The van der Waals surface area contributed by atoms with Crippen LogP contribution in [0.25, 0.3) is 22.0 Å². The van der Waals surface area contributed by atoms with Gasteiger partial charge in [0.1, 0.15) is 11.8 Å². The number of para-hydroxylation sites is 2. The Morgan fingerprint density at radius 1 is 0.853 bits per heavy atom. The normalized spacial score (nSPS) is 13.9. The van der Waals surface area contributed by atoms with Crippen molar-refractivity contribution in [1.82, 2.24) is 9.88 Å². The van der Waals surface area contributed by atoms with Crippen LogP contribution < -0.4 is 5.73 Å². The summed E-state index contributed by atoms with van der Waals surface area (Å²) in [4.78, 5) is 19.1. The van der Waals surface area contributed by atoms with Crippen LogP contribution >= 0.6 is 0 Å². The molecule has 1 atom stereocenters. The predicted molar refractivity (Wildman–Crippen MR) is 134 cm³/mol. The number of benzene rings is 4. The van der Waals surface area contributed by atoms with Gasteiger partial charge in [-0.05, 0) is 58.5 Å². The van der Waals surface area contributed by atoms with E-state index >= 15 is 0 Å². The average Bonchev–Trinajstić information content (AvgIpc) is 3.42. The van der Waals surface area contributed by atoms with Crippen molar-refractivity contribution in [3.63, 3.8) is 0 Å². The first-order chi connectivity index (χ1) is 16.6. The van der Waals surface area contributed by atoms with Crippen molar-refractivity contribution < 1.29 is 9.90 Å². The standard InChI is InChI=1S/C29H23N3O2/c30-22-13-11-18(12-14-22)19-9-10-21-17-32(29(34)24(21)15-19)28(23-6-2-4-8-27(23)33)26-16-20-5-1-3-7-25(20)31-26/h1-16,28,31,33H,17,30H2. The van der Waals surface area contributed by atoms with Crippen LogP contribution in [0.3, 0.4) is 0 Å². The van der Waals surface area contributed by atoms with Crippen LogP contribution in [0.1, 0.15) is 33.2 Å². The molecule has 0 fully saturated rings. The highest BCUT2D eigenvalue weighted by Gasteiger charge is 2.36. The summed E-state index contributed by atoms with van der Waals surface area (Å²) in [5.74, 6) is 0.108. The number of nitrogens with two attached hydrogens (primary N) is 1. The number of rotatable bonds is 4. The lowest BCUT2D eigenvalue weighted by Crippen LogP contribution is -2.30. The molecule has 0 bridgehead atoms. The second kappa shape index (κ2) is 7.81. The van der Waals surface area contributed by atoms with Crippen molar-refractivity contribution in [3.8, 4) is 16.9 Å². The van der Waals surface area contributed by atoms with Gasteiger partial charge in [-0.2, -0.15) is 0 Å². The summed E-state index contributed by atoms with van der Waals surface area (Å²) >= 11 is 0. The zero-order chi connectivity index (χ0) is 23.2. The molecule has 5 aromatic rings. The van der Waals surface area contributed by atoms with E-state index in [-0.39, 0.29) is 11.7 Å². The molecular formula is C29H23N3O2. The molecule has 5 heteroatoms. The Morgan fingerprint density at radius 2 is 1.59 bits per heavy atom. The van der Waals surface area contributed by atoms with Crippen molar-refractivity contribution in [2.75, 3.05) is 5.73 Å². The number of aromatic amines is 1. The van der Waals surface area contributed by atoms with E-state index in [0.29, 0.717) is 23.4 Å². The average molecular weight is 446 g/mol. The monoisotopic (exact) mass is 445 g/mol. The van der Waals surface area contributed by atoms with E-state index in [2.05, 4.69) is 11.1 Å².